The molecule has 0 aromatic carbocycles. The van der Waals surface area contributed by atoms with Crippen molar-refractivity contribution in [2.75, 3.05) is 6.54 Å². The Bertz CT molecular complexity index is 256. The van der Waals surface area contributed by atoms with Crippen LogP contribution in [-0.2, 0) is 4.74 Å². The Morgan fingerprint density at radius 2 is 2.20 bits per heavy atom. The number of terminal acetylenes is 1. The van der Waals surface area contributed by atoms with Crippen molar-refractivity contribution < 1.29 is 9.53 Å². The molecule has 1 N–H and O–H groups in total. The third-order valence-corrected chi connectivity index (χ3v) is 1.43. The number of unbranched alkanes of at least 4 members (excludes halogenated alkanes) is 1. The van der Waals surface area contributed by atoms with E-state index in [-0.39, 0.29) is 6.09 Å². The number of carbonyl (C=O) groups is 1. The zero-order valence-corrected chi connectivity index (χ0v) is 9.67. The van der Waals surface area contributed by atoms with Gasteiger partial charge < -0.3 is 10.1 Å². The first-order chi connectivity index (χ1) is 6.95. The van der Waals surface area contributed by atoms with E-state index in [1.165, 1.54) is 0 Å². The van der Waals surface area contributed by atoms with Crippen LogP contribution in [0.25, 0.3) is 0 Å². The van der Waals surface area contributed by atoms with Crippen LogP contribution >= 0.6 is 0 Å². The van der Waals surface area contributed by atoms with Gasteiger partial charge in [0.2, 0.25) is 0 Å². The van der Waals surface area contributed by atoms with Gasteiger partial charge in [0.05, 0.1) is 0 Å². The number of rotatable bonds is 4. The number of alkyl carbamates (subject to hydrolysis) is 1. The van der Waals surface area contributed by atoms with E-state index in [2.05, 4.69) is 11.2 Å². The molecule has 0 aliphatic rings. The smallest absolute Gasteiger partial charge is 0.407 e. The van der Waals surface area contributed by atoms with Crippen LogP contribution < -0.4 is 5.32 Å². The summed E-state index contributed by atoms with van der Waals surface area (Å²) < 4.78 is 5.07. The Morgan fingerprint density at radius 3 is 2.73 bits per heavy atom. The zero-order valence-electron chi connectivity index (χ0n) is 9.67. The topological polar surface area (TPSA) is 38.3 Å². The van der Waals surface area contributed by atoms with E-state index >= 15 is 0 Å². The summed E-state index contributed by atoms with van der Waals surface area (Å²) >= 11 is 0. The number of ether oxygens (including phenoxy) is 1. The van der Waals surface area contributed by atoms with Crippen molar-refractivity contribution in [3.8, 4) is 12.3 Å². The molecule has 0 aromatic heterocycles. The highest BCUT2D eigenvalue weighted by molar-refractivity contribution is 5.67. The van der Waals surface area contributed by atoms with Crippen LogP contribution in [0.5, 0.6) is 0 Å². The van der Waals surface area contributed by atoms with Crippen LogP contribution in [0.15, 0.2) is 12.2 Å². The predicted octanol–water partition coefficient (Wildman–Crippen LogP) is 2.48. The fourth-order valence-corrected chi connectivity index (χ4v) is 0.876. The minimum absolute atomic E-state index is 0.372. The lowest BCUT2D eigenvalue weighted by Gasteiger charge is -2.19. The fraction of sp³-hybridized carbons (Fsp3) is 0.583. The van der Waals surface area contributed by atoms with Crippen LogP contribution in [0.3, 0.4) is 0 Å². The largest absolute Gasteiger partial charge is 0.444 e. The molecule has 0 fully saturated rings. The lowest BCUT2D eigenvalue weighted by atomic mass is 10.2. The van der Waals surface area contributed by atoms with Gasteiger partial charge in [-0.2, -0.15) is 0 Å². The third kappa shape index (κ3) is 10.5. The van der Waals surface area contributed by atoms with Crippen molar-refractivity contribution in [1.29, 1.82) is 0 Å². The summed E-state index contributed by atoms with van der Waals surface area (Å²) in [5.74, 6) is 2.41. The van der Waals surface area contributed by atoms with Crippen LogP contribution in [0.4, 0.5) is 4.79 Å². The van der Waals surface area contributed by atoms with Gasteiger partial charge in [0.1, 0.15) is 5.60 Å². The van der Waals surface area contributed by atoms with Crippen LogP contribution in [0.1, 0.15) is 33.6 Å². The molecular weight excluding hydrogens is 190 g/mol. The molecular formula is C12H19NO2. The Morgan fingerprint density at radius 1 is 1.53 bits per heavy atom. The molecule has 0 aromatic rings. The number of hydrogen-bond acceptors (Lipinski definition) is 2. The van der Waals surface area contributed by atoms with Gasteiger partial charge in [0, 0.05) is 6.54 Å². The number of amides is 1. The quantitative estimate of drug-likeness (QED) is 0.570. The van der Waals surface area contributed by atoms with Crippen molar-refractivity contribution in [2.45, 2.75) is 39.2 Å². The lowest BCUT2D eigenvalue weighted by Crippen LogP contribution is -2.32. The van der Waals surface area contributed by atoms with Gasteiger partial charge in [-0.3, -0.25) is 0 Å². The first-order valence-electron chi connectivity index (χ1n) is 5.03. The molecule has 84 valence electrons. The van der Waals surface area contributed by atoms with Crippen molar-refractivity contribution in [2.24, 2.45) is 0 Å². The molecule has 0 aliphatic carbocycles. The van der Waals surface area contributed by atoms with E-state index in [1.807, 2.05) is 26.8 Å². The zero-order chi connectivity index (χ0) is 11.7. The summed E-state index contributed by atoms with van der Waals surface area (Å²) in [6.07, 6.45) is 9.94. The lowest BCUT2D eigenvalue weighted by molar-refractivity contribution is 0.0527. The van der Waals surface area contributed by atoms with Crippen LogP contribution in [-0.4, -0.2) is 18.2 Å². The van der Waals surface area contributed by atoms with E-state index in [0.717, 1.165) is 12.8 Å². The predicted molar refractivity (Wildman–Crippen MR) is 61.4 cm³/mol. The molecule has 0 spiro atoms. The summed E-state index contributed by atoms with van der Waals surface area (Å²) in [6, 6.07) is 0. The minimum Gasteiger partial charge on any atom is -0.444 e. The average Bonchev–Trinajstić information content (AvgIpc) is 2.08. The Hall–Kier alpha value is -1.43. The van der Waals surface area contributed by atoms with Gasteiger partial charge in [-0.05, 0) is 39.7 Å². The second kappa shape index (κ2) is 6.94. The van der Waals surface area contributed by atoms with E-state index in [4.69, 9.17) is 11.2 Å². The maximum atomic E-state index is 11.2. The van der Waals surface area contributed by atoms with Gasteiger partial charge in [0.25, 0.3) is 0 Å². The van der Waals surface area contributed by atoms with Crippen molar-refractivity contribution in [3.63, 3.8) is 0 Å². The van der Waals surface area contributed by atoms with Crippen molar-refractivity contribution >= 4 is 6.09 Å². The average molecular weight is 209 g/mol. The minimum atomic E-state index is -0.437. The molecule has 0 radical (unpaired) electrons. The van der Waals surface area contributed by atoms with E-state index in [0.29, 0.717) is 6.54 Å². The van der Waals surface area contributed by atoms with Crippen LogP contribution in [0.2, 0.25) is 0 Å². The normalized spacial score (nSPS) is 11.1. The molecule has 0 unspecified atom stereocenters. The third-order valence-electron chi connectivity index (χ3n) is 1.43. The first kappa shape index (κ1) is 13.6. The van der Waals surface area contributed by atoms with Gasteiger partial charge >= 0.3 is 6.09 Å². The van der Waals surface area contributed by atoms with E-state index in [9.17, 15) is 4.79 Å². The molecule has 0 bridgehead atoms. The molecule has 0 rings (SSSR count). The van der Waals surface area contributed by atoms with Gasteiger partial charge in [0.15, 0.2) is 0 Å². The van der Waals surface area contributed by atoms with Crippen molar-refractivity contribution in [1.82, 2.24) is 5.32 Å². The molecule has 3 heteroatoms. The first-order valence-corrected chi connectivity index (χ1v) is 5.03. The Labute approximate surface area is 91.9 Å². The maximum Gasteiger partial charge on any atom is 0.407 e. The molecule has 0 saturated heterocycles. The van der Waals surface area contributed by atoms with Gasteiger partial charge in [-0.15, -0.1) is 6.42 Å². The summed E-state index contributed by atoms with van der Waals surface area (Å²) in [4.78, 5) is 11.2. The molecule has 0 heterocycles. The molecule has 0 atom stereocenters. The highest BCUT2D eigenvalue weighted by atomic mass is 16.6. The molecule has 3 nitrogen and oxygen atoms in total. The second-order valence-electron chi connectivity index (χ2n) is 4.14. The Kier molecular flexibility index (Phi) is 6.28. The molecule has 1 amide bonds. The van der Waals surface area contributed by atoms with Crippen molar-refractivity contribution in [3.05, 3.63) is 12.2 Å². The summed E-state index contributed by atoms with van der Waals surface area (Å²) in [5.41, 5.74) is -0.437. The Balaban J connectivity index is 3.49. The van der Waals surface area contributed by atoms with E-state index < -0.39 is 5.60 Å². The second-order valence-corrected chi connectivity index (χ2v) is 4.14. The highest BCUT2D eigenvalue weighted by Gasteiger charge is 2.15. The summed E-state index contributed by atoms with van der Waals surface area (Å²) in [6.45, 7) is 6.11. The van der Waals surface area contributed by atoms with Gasteiger partial charge in [-0.1, -0.05) is 12.0 Å². The number of carbonyl (C=O) groups excluding carboxylic acids is 1. The monoisotopic (exact) mass is 209 g/mol. The molecule has 15 heavy (non-hydrogen) atoms. The SMILES string of the molecule is C#C/C=C/CCCNC(=O)OC(C)(C)C. The fourth-order valence-electron chi connectivity index (χ4n) is 0.876. The highest BCUT2D eigenvalue weighted by Crippen LogP contribution is 2.06. The maximum absolute atomic E-state index is 11.2. The standard InChI is InChI=1S/C12H19NO2/c1-5-6-7-8-9-10-13-11(14)15-12(2,3)4/h1,6-7H,8-10H2,2-4H3,(H,13,14)/b7-6+. The number of allylic oxidation sites excluding steroid dienone is 2. The van der Waals surface area contributed by atoms with Crippen LogP contribution in [0, 0.1) is 12.3 Å². The summed E-state index contributed by atoms with van der Waals surface area (Å²) in [7, 11) is 0. The number of hydrogen-bond donors (Lipinski definition) is 1. The summed E-state index contributed by atoms with van der Waals surface area (Å²) in [5, 5.41) is 2.67. The molecule has 0 saturated carbocycles. The molecule has 0 aliphatic heterocycles. The van der Waals surface area contributed by atoms with Gasteiger partial charge in [-0.25, -0.2) is 4.79 Å². The number of nitrogens with one attached hydrogen (secondary N) is 1. The van der Waals surface area contributed by atoms with E-state index in [1.54, 1.807) is 6.08 Å².